The molecule has 0 saturated carbocycles. The molecule has 0 atom stereocenters. The molecule has 0 aliphatic heterocycles. The number of unbranched alkanes of at least 4 members (excludes halogenated alkanes) is 1. The van der Waals surface area contributed by atoms with Crippen LogP contribution in [-0.4, -0.2) is 26.6 Å². The van der Waals surface area contributed by atoms with Gasteiger partial charge in [0.25, 0.3) is 0 Å². The molecule has 102 valence electrons. The van der Waals surface area contributed by atoms with E-state index in [0.717, 1.165) is 13.1 Å². The third kappa shape index (κ3) is 6.07. The Bertz CT molecular complexity index is 329. The maximum atomic E-state index is 3.52. The number of hydrogen-bond donors (Lipinski definition) is 1. The van der Waals surface area contributed by atoms with Crippen molar-refractivity contribution < 1.29 is 0 Å². The van der Waals surface area contributed by atoms with Crippen molar-refractivity contribution >= 4 is 25.0 Å². The normalized spacial score (nSPS) is 11.8. The predicted octanol–water partition coefficient (Wildman–Crippen LogP) is 3.46. The Morgan fingerprint density at radius 3 is 2.28 bits per heavy atom. The molecular formula is C15H27NSSi. The fourth-order valence-electron chi connectivity index (χ4n) is 1.85. The van der Waals surface area contributed by atoms with E-state index in [9.17, 15) is 0 Å². The van der Waals surface area contributed by atoms with Gasteiger partial charge in [-0.2, -0.15) is 11.8 Å². The van der Waals surface area contributed by atoms with Crippen molar-refractivity contribution in [2.24, 2.45) is 0 Å². The Morgan fingerprint density at radius 1 is 1.06 bits per heavy atom. The lowest BCUT2D eigenvalue weighted by Crippen LogP contribution is -2.37. The van der Waals surface area contributed by atoms with E-state index in [1.165, 1.54) is 24.2 Å². The summed E-state index contributed by atoms with van der Waals surface area (Å²) in [5.74, 6) is 1.28. The molecule has 18 heavy (non-hydrogen) atoms. The molecule has 0 aliphatic carbocycles. The number of rotatable bonds is 8. The van der Waals surface area contributed by atoms with Crippen molar-refractivity contribution in [1.82, 2.24) is 5.32 Å². The topological polar surface area (TPSA) is 12.0 Å². The monoisotopic (exact) mass is 281 g/mol. The van der Waals surface area contributed by atoms with E-state index in [4.69, 9.17) is 0 Å². The fourth-order valence-corrected chi connectivity index (χ4v) is 3.51. The van der Waals surface area contributed by atoms with E-state index in [1.807, 2.05) is 11.8 Å². The summed E-state index contributed by atoms with van der Waals surface area (Å²) in [6.45, 7) is 9.32. The molecule has 3 heteroatoms. The van der Waals surface area contributed by atoms with Gasteiger partial charge in [0.05, 0.1) is 8.07 Å². The Kier molecular flexibility index (Phi) is 7.05. The highest BCUT2D eigenvalue weighted by Gasteiger charge is 2.15. The van der Waals surface area contributed by atoms with Gasteiger partial charge in [0.1, 0.15) is 0 Å². The van der Waals surface area contributed by atoms with Gasteiger partial charge < -0.3 is 5.32 Å². The van der Waals surface area contributed by atoms with E-state index in [0.29, 0.717) is 0 Å². The highest BCUT2D eigenvalue weighted by Crippen LogP contribution is 2.04. The van der Waals surface area contributed by atoms with Gasteiger partial charge in [0.15, 0.2) is 0 Å². The summed E-state index contributed by atoms with van der Waals surface area (Å²) in [6, 6.07) is 9.19. The standard InChI is InChI=1S/C15H27NSSi/c1-17-12-6-5-11-16-13-14-7-9-15(10-8-14)18(2,3)4/h7-10,16H,5-6,11-13H2,1-4H3. The number of thioether (sulfide) groups is 1. The Balaban J connectivity index is 2.27. The van der Waals surface area contributed by atoms with Crippen LogP contribution >= 0.6 is 11.8 Å². The van der Waals surface area contributed by atoms with Crippen LogP contribution in [0, 0.1) is 0 Å². The zero-order valence-electron chi connectivity index (χ0n) is 12.3. The second-order valence-corrected chi connectivity index (χ2v) is 11.9. The highest BCUT2D eigenvalue weighted by molar-refractivity contribution is 7.98. The van der Waals surface area contributed by atoms with Crippen molar-refractivity contribution in [2.45, 2.75) is 39.0 Å². The van der Waals surface area contributed by atoms with Gasteiger partial charge >= 0.3 is 0 Å². The second-order valence-electron chi connectivity index (χ2n) is 5.82. The molecule has 1 aromatic carbocycles. The van der Waals surface area contributed by atoms with Gasteiger partial charge in [-0.3, -0.25) is 0 Å². The average molecular weight is 282 g/mol. The first-order chi connectivity index (χ1) is 8.54. The molecule has 1 aromatic rings. The molecule has 0 unspecified atom stereocenters. The smallest absolute Gasteiger partial charge is 0.0775 e. The maximum absolute atomic E-state index is 3.52. The molecular weight excluding hydrogens is 254 g/mol. The van der Waals surface area contributed by atoms with E-state index in [1.54, 1.807) is 5.19 Å². The maximum Gasteiger partial charge on any atom is 0.0775 e. The third-order valence-electron chi connectivity index (χ3n) is 3.10. The molecule has 0 heterocycles. The molecule has 1 nitrogen and oxygen atoms in total. The lowest BCUT2D eigenvalue weighted by molar-refractivity contribution is 0.644. The number of hydrogen-bond acceptors (Lipinski definition) is 2. The minimum Gasteiger partial charge on any atom is -0.313 e. The van der Waals surface area contributed by atoms with Crippen molar-refractivity contribution in [2.75, 3.05) is 18.6 Å². The summed E-state index contributed by atoms with van der Waals surface area (Å²) in [4.78, 5) is 0. The third-order valence-corrected chi connectivity index (χ3v) is 5.86. The summed E-state index contributed by atoms with van der Waals surface area (Å²) in [5.41, 5.74) is 1.40. The second kappa shape index (κ2) is 8.03. The highest BCUT2D eigenvalue weighted by atomic mass is 32.2. The molecule has 0 amide bonds. The van der Waals surface area contributed by atoms with Gasteiger partial charge in [0.2, 0.25) is 0 Å². The zero-order chi connectivity index (χ0) is 13.4. The average Bonchev–Trinajstić information content (AvgIpc) is 2.33. The molecule has 0 saturated heterocycles. The van der Waals surface area contributed by atoms with Crippen LogP contribution in [0.4, 0.5) is 0 Å². The molecule has 0 aliphatic rings. The van der Waals surface area contributed by atoms with E-state index in [2.05, 4.69) is 55.5 Å². The van der Waals surface area contributed by atoms with E-state index < -0.39 is 8.07 Å². The van der Waals surface area contributed by atoms with E-state index >= 15 is 0 Å². The Hall–Kier alpha value is -0.253. The van der Waals surface area contributed by atoms with Crippen LogP contribution in [-0.2, 0) is 6.54 Å². The van der Waals surface area contributed by atoms with Gasteiger partial charge in [-0.15, -0.1) is 0 Å². The fraction of sp³-hybridized carbons (Fsp3) is 0.600. The summed E-state index contributed by atoms with van der Waals surface area (Å²) in [7, 11) is -1.13. The summed E-state index contributed by atoms with van der Waals surface area (Å²) >= 11 is 1.94. The molecule has 0 fully saturated rings. The number of nitrogens with one attached hydrogen (secondary N) is 1. The predicted molar refractivity (Wildman–Crippen MR) is 88.7 cm³/mol. The molecule has 0 spiro atoms. The lowest BCUT2D eigenvalue weighted by Gasteiger charge is -2.16. The minimum atomic E-state index is -1.13. The molecule has 1 N–H and O–H groups in total. The molecule has 0 aromatic heterocycles. The Morgan fingerprint density at radius 2 is 1.72 bits per heavy atom. The Labute approximate surface area is 118 Å². The molecule has 1 rings (SSSR count). The SMILES string of the molecule is CSCCCCNCc1ccc([Si](C)(C)C)cc1. The van der Waals surface area contributed by atoms with Crippen molar-refractivity contribution in [3.63, 3.8) is 0 Å². The van der Waals surface area contributed by atoms with Crippen LogP contribution in [0.25, 0.3) is 0 Å². The minimum absolute atomic E-state index is 1.01. The van der Waals surface area contributed by atoms with Gasteiger partial charge in [-0.1, -0.05) is 49.1 Å². The first-order valence-electron chi connectivity index (χ1n) is 6.83. The summed E-state index contributed by atoms with van der Waals surface area (Å²) in [5, 5.41) is 5.07. The van der Waals surface area contributed by atoms with Gasteiger partial charge in [-0.25, -0.2) is 0 Å². The van der Waals surface area contributed by atoms with Gasteiger partial charge in [-0.05, 0) is 37.0 Å². The molecule has 0 radical (unpaired) electrons. The van der Waals surface area contributed by atoms with Crippen LogP contribution in [0.1, 0.15) is 18.4 Å². The first-order valence-corrected chi connectivity index (χ1v) is 11.7. The van der Waals surface area contributed by atoms with Crippen LogP contribution in [0.5, 0.6) is 0 Å². The van der Waals surface area contributed by atoms with Crippen LogP contribution in [0.3, 0.4) is 0 Å². The summed E-state index contributed by atoms with van der Waals surface area (Å²) in [6.07, 6.45) is 4.78. The van der Waals surface area contributed by atoms with Crippen LogP contribution in [0.15, 0.2) is 24.3 Å². The summed E-state index contributed by atoms with van der Waals surface area (Å²) < 4.78 is 0. The quantitative estimate of drug-likeness (QED) is 0.578. The van der Waals surface area contributed by atoms with E-state index in [-0.39, 0.29) is 0 Å². The lowest BCUT2D eigenvalue weighted by atomic mass is 10.2. The van der Waals surface area contributed by atoms with Crippen molar-refractivity contribution in [3.8, 4) is 0 Å². The van der Waals surface area contributed by atoms with Crippen molar-refractivity contribution in [3.05, 3.63) is 29.8 Å². The molecule has 0 bridgehead atoms. The largest absolute Gasteiger partial charge is 0.313 e. The number of benzene rings is 1. The zero-order valence-corrected chi connectivity index (χ0v) is 14.1. The van der Waals surface area contributed by atoms with Crippen LogP contribution in [0.2, 0.25) is 19.6 Å². The van der Waals surface area contributed by atoms with Crippen LogP contribution < -0.4 is 10.5 Å². The van der Waals surface area contributed by atoms with Gasteiger partial charge in [0, 0.05) is 6.54 Å². The first kappa shape index (κ1) is 15.8. The van der Waals surface area contributed by atoms with Crippen molar-refractivity contribution in [1.29, 1.82) is 0 Å².